The Morgan fingerprint density at radius 2 is 2.29 bits per heavy atom. The monoisotopic (exact) mass is 264 g/mol. The third-order valence-electron chi connectivity index (χ3n) is 2.88. The number of hydrogen-bond donors (Lipinski definition) is 1. The third-order valence-corrected chi connectivity index (χ3v) is 3.55. The smallest absolute Gasteiger partial charge is 0.369 e. The molecule has 1 N–H and O–H groups in total. The lowest BCUT2D eigenvalue weighted by molar-refractivity contribution is -0.126. The zero-order valence-corrected chi connectivity index (χ0v) is 10.2. The predicted octanol–water partition coefficient (Wildman–Crippen LogP) is 2.87. The lowest BCUT2D eigenvalue weighted by atomic mass is 10.1. The first-order valence-electron chi connectivity index (χ1n) is 5.62. The molecule has 1 unspecified atom stereocenters. The van der Waals surface area contributed by atoms with Crippen LogP contribution in [0.1, 0.15) is 12.8 Å². The van der Waals surface area contributed by atoms with Gasteiger partial charge in [0.05, 0.1) is 6.54 Å². The quantitative estimate of drug-likeness (QED) is 0.903. The fraction of sp³-hybridized carbons (Fsp3) is 0.636. The average Bonchev–Trinajstić information content (AvgIpc) is 2.79. The van der Waals surface area contributed by atoms with E-state index in [1.165, 1.54) is 0 Å². The molecule has 0 aromatic carbocycles. The molecule has 1 aromatic rings. The molecule has 6 heteroatoms. The van der Waals surface area contributed by atoms with E-state index in [0.717, 1.165) is 25.1 Å². The number of rotatable bonds is 3. The van der Waals surface area contributed by atoms with Crippen LogP contribution in [0.25, 0.3) is 0 Å². The summed E-state index contributed by atoms with van der Waals surface area (Å²) in [6.07, 6.45) is -2.37. The van der Waals surface area contributed by atoms with Gasteiger partial charge >= 0.3 is 6.18 Å². The van der Waals surface area contributed by atoms with Crippen LogP contribution in [0.5, 0.6) is 0 Å². The van der Waals surface area contributed by atoms with Crippen molar-refractivity contribution < 1.29 is 13.2 Å². The van der Waals surface area contributed by atoms with Crippen LogP contribution in [0, 0.1) is 0 Å². The number of thiophene rings is 1. The predicted molar refractivity (Wildman–Crippen MR) is 63.6 cm³/mol. The van der Waals surface area contributed by atoms with Crippen LogP contribution in [0.15, 0.2) is 16.8 Å². The van der Waals surface area contributed by atoms with Crippen LogP contribution in [0.2, 0.25) is 0 Å². The standard InChI is InChI=1S/C11H15F3N2S/c12-11(13,14)8-15-9-2-1-4-16(6-9)10-3-5-17-7-10/h3,5,7,9,15H,1-2,4,6,8H2. The van der Waals surface area contributed by atoms with Crippen molar-refractivity contribution in [3.05, 3.63) is 16.8 Å². The highest BCUT2D eigenvalue weighted by atomic mass is 32.1. The molecule has 1 aromatic heterocycles. The molecular weight excluding hydrogens is 249 g/mol. The van der Waals surface area contributed by atoms with Gasteiger partial charge in [-0.2, -0.15) is 24.5 Å². The van der Waals surface area contributed by atoms with E-state index >= 15 is 0 Å². The molecule has 2 nitrogen and oxygen atoms in total. The molecule has 0 amide bonds. The van der Waals surface area contributed by atoms with Crippen LogP contribution < -0.4 is 10.2 Å². The van der Waals surface area contributed by atoms with Gasteiger partial charge in [0.2, 0.25) is 0 Å². The number of halogens is 3. The highest BCUT2D eigenvalue weighted by Crippen LogP contribution is 2.23. The number of piperidine rings is 1. The molecule has 2 rings (SSSR count). The van der Waals surface area contributed by atoms with E-state index in [-0.39, 0.29) is 6.04 Å². The van der Waals surface area contributed by atoms with Gasteiger partial charge in [-0.05, 0) is 24.3 Å². The Bertz CT molecular complexity index is 337. The molecule has 1 atom stereocenters. The van der Waals surface area contributed by atoms with E-state index in [1.807, 2.05) is 16.8 Å². The van der Waals surface area contributed by atoms with Gasteiger partial charge < -0.3 is 10.2 Å². The maximum Gasteiger partial charge on any atom is 0.401 e. The fourth-order valence-corrected chi connectivity index (χ4v) is 2.74. The molecule has 0 radical (unpaired) electrons. The van der Waals surface area contributed by atoms with Gasteiger partial charge in [0, 0.05) is 30.2 Å². The summed E-state index contributed by atoms with van der Waals surface area (Å²) in [5.74, 6) is 0. The Hall–Kier alpha value is -0.750. The van der Waals surface area contributed by atoms with E-state index in [1.54, 1.807) is 11.3 Å². The summed E-state index contributed by atoms with van der Waals surface area (Å²) in [6, 6.07) is 1.95. The third kappa shape index (κ3) is 3.89. The minimum Gasteiger partial charge on any atom is -0.369 e. The van der Waals surface area contributed by atoms with Crippen molar-refractivity contribution in [3.8, 4) is 0 Å². The molecule has 1 fully saturated rings. The normalized spacial score (nSPS) is 21.8. The van der Waals surface area contributed by atoms with E-state index < -0.39 is 12.7 Å². The molecular formula is C11H15F3N2S. The Morgan fingerprint density at radius 1 is 1.47 bits per heavy atom. The van der Waals surface area contributed by atoms with E-state index in [0.29, 0.717) is 6.54 Å². The van der Waals surface area contributed by atoms with E-state index in [2.05, 4.69) is 10.2 Å². The van der Waals surface area contributed by atoms with Crippen molar-refractivity contribution in [1.29, 1.82) is 0 Å². The summed E-state index contributed by atoms with van der Waals surface area (Å²) in [6.45, 7) is 0.697. The first kappa shape index (κ1) is 12.7. The molecule has 0 aliphatic carbocycles. The minimum absolute atomic E-state index is 0.0646. The number of alkyl halides is 3. The fourth-order valence-electron chi connectivity index (χ4n) is 2.08. The van der Waals surface area contributed by atoms with Crippen LogP contribution in [0.4, 0.5) is 18.9 Å². The van der Waals surface area contributed by atoms with Gasteiger partial charge in [-0.15, -0.1) is 0 Å². The van der Waals surface area contributed by atoms with Crippen molar-refractivity contribution in [2.45, 2.75) is 25.1 Å². The summed E-state index contributed by atoms with van der Waals surface area (Å²) >= 11 is 1.61. The minimum atomic E-state index is -4.12. The summed E-state index contributed by atoms with van der Waals surface area (Å²) in [4.78, 5) is 2.15. The molecule has 2 heterocycles. The van der Waals surface area contributed by atoms with Crippen LogP contribution in [0.3, 0.4) is 0 Å². The molecule has 1 aliphatic heterocycles. The van der Waals surface area contributed by atoms with Gasteiger partial charge in [-0.3, -0.25) is 0 Å². The Morgan fingerprint density at radius 3 is 2.94 bits per heavy atom. The van der Waals surface area contributed by atoms with Gasteiger partial charge in [0.15, 0.2) is 0 Å². The highest BCUT2D eigenvalue weighted by molar-refractivity contribution is 7.08. The second-order valence-electron chi connectivity index (χ2n) is 4.26. The van der Waals surface area contributed by atoms with Crippen molar-refractivity contribution >= 4 is 17.0 Å². The largest absolute Gasteiger partial charge is 0.401 e. The van der Waals surface area contributed by atoms with Gasteiger partial charge in [0.25, 0.3) is 0 Å². The van der Waals surface area contributed by atoms with Gasteiger partial charge in [0.1, 0.15) is 0 Å². The Kier molecular flexibility index (Phi) is 3.93. The summed E-state index contributed by atoms with van der Waals surface area (Å²) in [5.41, 5.74) is 1.12. The molecule has 1 saturated heterocycles. The number of nitrogens with one attached hydrogen (secondary N) is 1. The van der Waals surface area contributed by atoms with Crippen LogP contribution in [-0.2, 0) is 0 Å². The number of nitrogens with zero attached hydrogens (tertiary/aromatic N) is 1. The summed E-state index contributed by atoms with van der Waals surface area (Å²) < 4.78 is 36.3. The molecule has 17 heavy (non-hydrogen) atoms. The molecule has 0 spiro atoms. The van der Waals surface area contributed by atoms with E-state index in [9.17, 15) is 13.2 Å². The first-order valence-corrected chi connectivity index (χ1v) is 6.56. The van der Waals surface area contributed by atoms with Crippen LogP contribution in [-0.4, -0.2) is 31.9 Å². The number of anilines is 1. The topological polar surface area (TPSA) is 15.3 Å². The summed E-state index contributed by atoms with van der Waals surface area (Å²) in [5, 5.41) is 6.61. The second kappa shape index (κ2) is 5.27. The maximum atomic E-state index is 12.1. The van der Waals surface area contributed by atoms with Gasteiger partial charge in [-0.25, -0.2) is 0 Å². The molecule has 0 saturated carbocycles. The summed E-state index contributed by atoms with van der Waals surface area (Å²) in [7, 11) is 0. The van der Waals surface area contributed by atoms with Crippen molar-refractivity contribution in [2.24, 2.45) is 0 Å². The second-order valence-corrected chi connectivity index (χ2v) is 5.04. The lowest BCUT2D eigenvalue weighted by Crippen LogP contribution is -2.48. The molecule has 96 valence electrons. The Labute approximate surface area is 102 Å². The zero-order chi connectivity index (χ0) is 12.3. The Balaban J connectivity index is 1.85. The van der Waals surface area contributed by atoms with Crippen molar-refractivity contribution in [3.63, 3.8) is 0 Å². The van der Waals surface area contributed by atoms with Crippen molar-refractivity contribution in [1.82, 2.24) is 5.32 Å². The van der Waals surface area contributed by atoms with E-state index in [4.69, 9.17) is 0 Å². The van der Waals surface area contributed by atoms with Crippen molar-refractivity contribution in [2.75, 3.05) is 24.5 Å². The molecule has 1 aliphatic rings. The highest BCUT2D eigenvalue weighted by Gasteiger charge is 2.29. The lowest BCUT2D eigenvalue weighted by Gasteiger charge is -2.34. The van der Waals surface area contributed by atoms with Crippen LogP contribution >= 0.6 is 11.3 Å². The molecule has 0 bridgehead atoms. The van der Waals surface area contributed by atoms with Gasteiger partial charge in [-0.1, -0.05) is 0 Å². The average molecular weight is 264 g/mol. The maximum absolute atomic E-state index is 12.1. The first-order chi connectivity index (χ1) is 8.04. The number of hydrogen-bond acceptors (Lipinski definition) is 3. The zero-order valence-electron chi connectivity index (χ0n) is 9.33. The SMILES string of the molecule is FC(F)(F)CNC1CCCN(c2ccsc2)C1.